The van der Waals surface area contributed by atoms with Crippen molar-refractivity contribution in [1.82, 2.24) is 10.2 Å². The lowest BCUT2D eigenvalue weighted by atomic mass is 10.2. The number of amides is 1. The summed E-state index contributed by atoms with van der Waals surface area (Å²) >= 11 is 0. The number of halogens is 2. The van der Waals surface area contributed by atoms with Gasteiger partial charge in [0, 0.05) is 51.4 Å². The molecule has 0 bridgehead atoms. The highest BCUT2D eigenvalue weighted by Gasteiger charge is 2.17. The molecule has 2 aromatic carbocycles. The largest absolute Gasteiger partial charge is 0.369 e. The number of nitrogens with zero attached hydrogens (tertiary/aromatic N) is 2. The number of anilines is 1. The molecular formula is C20H23F2N3O. The number of carbonyl (C=O) groups is 1. The summed E-state index contributed by atoms with van der Waals surface area (Å²) in [7, 11) is 0. The fourth-order valence-corrected chi connectivity index (χ4v) is 3.03. The molecular weight excluding hydrogens is 336 g/mol. The van der Waals surface area contributed by atoms with Crippen molar-refractivity contribution in [2.45, 2.75) is 13.0 Å². The predicted molar refractivity (Wildman–Crippen MR) is 97.9 cm³/mol. The zero-order chi connectivity index (χ0) is 18.4. The normalized spacial score (nSPS) is 15.1. The molecule has 0 spiro atoms. The van der Waals surface area contributed by atoms with E-state index in [2.05, 4.69) is 15.1 Å². The summed E-state index contributed by atoms with van der Waals surface area (Å²) in [5, 5.41) is 2.86. The molecule has 1 saturated heterocycles. The summed E-state index contributed by atoms with van der Waals surface area (Å²) in [4.78, 5) is 16.5. The third-order valence-electron chi connectivity index (χ3n) is 4.62. The van der Waals surface area contributed by atoms with Gasteiger partial charge in [0.15, 0.2) is 0 Å². The fraction of sp³-hybridized carbons (Fsp3) is 0.350. The van der Waals surface area contributed by atoms with Crippen LogP contribution in [0.4, 0.5) is 14.5 Å². The van der Waals surface area contributed by atoms with Crippen LogP contribution in [0.25, 0.3) is 0 Å². The molecule has 3 rings (SSSR count). The van der Waals surface area contributed by atoms with E-state index in [9.17, 15) is 13.6 Å². The number of carbonyl (C=O) groups excluding carboxylic acids is 1. The second-order valence-corrected chi connectivity index (χ2v) is 6.46. The van der Waals surface area contributed by atoms with Crippen LogP contribution in [-0.4, -0.2) is 43.5 Å². The zero-order valence-electron chi connectivity index (χ0n) is 14.6. The van der Waals surface area contributed by atoms with Crippen LogP contribution in [0.1, 0.15) is 12.0 Å². The lowest BCUT2D eigenvalue weighted by molar-refractivity contribution is -0.121. The summed E-state index contributed by atoms with van der Waals surface area (Å²) in [5.74, 6) is -0.505. The summed E-state index contributed by atoms with van der Waals surface area (Å²) in [5.41, 5.74) is 1.91. The molecule has 0 aliphatic carbocycles. The van der Waals surface area contributed by atoms with Crippen molar-refractivity contribution in [2.75, 3.05) is 37.6 Å². The Bertz CT molecular complexity index is 711. The Kier molecular flexibility index (Phi) is 6.17. The minimum Gasteiger partial charge on any atom is -0.369 e. The van der Waals surface area contributed by atoms with Crippen molar-refractivity contribution in [1.29, 1.82) is 0 Å². The van der Waals surface area contributed by atoms with Gasteiger partial charge in [-0.3, -0.25) is 9.69 Å². The highest BCUT2D eigenvalue weighted by Crippen LogP contribution is 2.16. The molecule has 0 saturated carbocycles. The summed E-state index contributed by atoms with van der Waals surface area (Å²) in [6, 6.07) is 12.7. The molecule has 4 nitrogen and oxygen atoms in total. The Morgan fingerprint density at radius 2 is 1.46 bits per heavy atom. The molecule has 1 amide bonds. The molecule has 138 valence electrons. The van der Waals surface area contributed by atoms with Crippen LogP contribution < -0.4 is 10.2 Å². The van der Waals surface area contributed by atoms with E-state index >= 15 is 0 Å². The second kappa shape index (κ2) is 8.76. The lowest BCUT2D eigenvalue weighted by Gasteiger charge is -2.36. The smallest absolute Gasteiger partial charge is 0.221 e. The summed E-state index contributed by atoms with van der Waals surface area (Å²) in [6.45, 7) is 4.61. The Morgan fingerprint density at radius 3 is 2.08 bits per heavy atom. The first-order valence-electron chi connectivity index (χ1n) is 8.84. The van der Waals surface area contributed by atoms with Crippen molar-refractivity contribution >= 4 is 11.6 Å². The van der Waals surface area contributed by atoms with E-state index in [0.29, 0.717) is 19.5 Å². The van der Waals surface area contributed by atoms with E-state index in [1.54, 1.807) is 24.3 Å². The maximum atomic E-state index is 13.0. The highest BCUT2D eigenvalue weighted by molar-refractivity contribution is 5.76. The number of rotatable bonds is 6. The Morgan fingerprint density at radius 1 is 0.885 bits per heavy atom. The lowest BCUT2D eigenvalue weighted by Crippen LogP contribution is -2.47. The number of hydrogen-bond donors (Lipinski definition) is 1. The molecule has 1 fully saturated rings. The fourth-order valence-electron chi connectivity index (χ4n) is 3.03. The molecule has 1 heterocycles. The third-order valence-corrected chi connectivity index (χ3v) is 4.62. The van der Waals surface area contributed by atoms with E-state index in [4.69, 9.17) is 0 Å². The number of hydrogen-bond acceptors (Lipinski definition) is 3. The zero-order valence-corrected chi connectivity index (χ0v) is 14.6. The molecule has 1 N–H and O–H groups in total. The van der Waals surface area contributed by atoms with Gasteiger partial charge >= 0.3 is 0 Å². The van der Waals surface area contributed by atoms with Crippen LogP contribution in [0.5, 0.6) is 0 Å². The molecule has 0 unspecified atom stereocenters. The molecule has 1 aliphatic rings. The van der Waals surface area contributed by atoms with Crippen molar-refractivity contribution in [3.63, 3.8) is 0 Å². The van der Waals surface area contributed by atoms with Crippen LogP contribution >= 0.6 is 0 Å². The third kappa shape index (κ3) is 5.26. The van der Waals surface area contributed by atoms with E-state index in [0.717, 1.165) is 37.4 Å². The average Bonchev–Trinajstić information content (AvgIpc) is 2.67. The Labute approximate surface area is 152 Å². The van der Waals surface area contributed by atoms with Gasteiger partial charge in [-0.05, 0) is 42.0 Å². The molecule has 1 aliphatic heterocycles. The number of piperazine rings is 1. The summed E-state index contributed by atoms with van der Waals surface area (Å²) in [6.07, 6.45) is 0.442. The van der Waals surface area contributed by atoms with Gasteiger partial charge in [0.1, 0.15) is 11.6 Å². The van der Waals surface area contributed by atoms with Crippen LogP contribution in [0.3, 0.4) is 0 Å². The van der Waals surface area contributed by atoms with Gasteiger partial charge in [-0.25, -0.2) is 8.78 Å². The first kappa shape index (κ1) is 18.3. The van der Waals surface area contributed by atoms with Crippen molar-refractivity contribution < 1.29 is 13.6 Å². The minimum absolute atomic E-state index is 0.00436. The quantitative estimate of drug-likeness (QED) is 0.862. The average molecular weight is 359 g/mol. The van der Waals surface area contributed by atoms with Gasteiger partial charge in [-0.1, -0.05) is 12.1 Å². The van der Waals surface area contributed by atoms with Gasteiger partial charge in [0.25, 0.3) is 0 Å². The van der Waals surface area contributed by atoms with Gasteiger partial charge in [-0.15, -0.1) is 0 Å². The van der Waals surface area contributed by atoms with Gasteiger partial charge < -0.3 is 10.2 Å². The SMILES string of the molecule is O=C(CCN1CCN(c2ccc(F)cc2)CC1)NCc1ccc(F)cc1. The second-order valence-electron chi connectivity index (χ2n) is 6.46. The maximum absolute atomic E-state index is 13.0. The molecule has 26 heavy (non-hydrogen) atoms. The van der Waals surface area contributed by atoms with Gasteiger partial charge in [0.05, 0.1) is 0 Å². The monoisotopic (exact) mass is 359 g/mol. The molecule has 6 heteroatoms. The standard InChI is InChI=1S/C20H23F2N3O/c21-17-3-1-16(2-4-17)15-23-20(26)9-10-24-11-13-25(14-12-24)19-7-5-18(22)6-8-19/h1-8H,9-15H2,(H,23,26). The first-order chi connectivity index (χ1) is 12.6. The first-order valence-corrected chi connectivity index (χ1v) is 8.84. The molecule has 2 aromatic rings. The number of nitrogens with one attached hydrogen (secondary N) is 1. The number of benzene rings is 2. The van der Waals surface area contributed by atoms with Crippen LogP contribution in [0.2, 0.25) is 0 Å². The van der Waals surface area contributed by atoms with Gasteiger partial charge in [-0.2, -0.15) is 0 Å². The van der Waals surface area contributed by atoms with Crippen LogP contribution in [-0.2, 0) is 11.3 Å². The molecule has 0 radical (unpaired) electrons. The minimum atomic E-state index is -0.278. The van der Waals surface area contributed by atoms with E-state index in [1.807, 2.05) is 0 Å². The van der Waals surface area contributed by atoms with Crippen molar-refractivity contribution in [2.24, 2.45) is 0 Å². The Hall–Kier alpha value is -2.47. The van der Waals surface area contributed by atoms with E-state index < -0.39 is 0 Å². The van der Waals surface area contributed by atoms with Gasteiger partial charge in [0.2, 0.25) is 5.91 Å². The highest BCUT2D eigenvalue weighted by atomic mass is 19.1. The van der Waals surface area contributed by atoms with Crippen LogP contribution in [0, 0.1) is 11.6 Å². The molecule has 0 atom stereocenters. The summed E-state index contributed by atoms with van der Waals surface area (Å²) < 4.78 is 25.9. The van der Waals surface area contributed by atoms with Crippen LogP contribution in [0.15, 0.2) is 48.5 Å². The topological polar surface area (TPSA) is 35.6 Å². The predicted octanol–water partition coefficient (Wildman–Crippen LogP) is 2.79. The maximum Gasteiger partial charge on any atom is 0.221 e. The molecule has 0 aromatic heterocycles. The van der Waals surface area contributed by atoms with E-state index in [1.165, 1.54) is 24.3 Å². The van der Waals surface area contributed by atoms with Crippen molar-refractivity contribution in [3.8, 4) is 0 Å². The van der Waals surface area contributed by atoms with Crippen molar-refractivity contribution in [3.05, 3.63) is 65.7 Å². The Balaban J connectivity index is 1.36. The van der Waals surface area contributed by atoms with E-state index in [-0.39, 0.29) is 17.5 Å².